The smallest absolute Gasteiger partial charge is 0.243 e. The van der Waals surface area contributed by atoms with E-state index in [1.165, 1.54) is 28.2 Å². The summed E-state index contributed by atoms with van der Waals surface area (Å²) < 4.78 is 33.6. The molecule has 1 N–H and O–H groups in total. The molecule has 10 heteroatoms. The maximum Gasteiger partial charge on any atom is 0.243 e. The third kappa shape index (κ3) is 5.50. The highest BCUT2D eigenvalue weighted by Gasteiger charge is 2.21. The highest BCUT2D eigenvalue weighted by Crippen LogP contribution is 2.23. The summed E-state index contributed by atoms with van der Waals surface area (Å²) in [6, 6.07) is 13.8. The molecule has 1 amide bonds. The van der Waals surface area contributed by atoms with Crippen molar-refractivity contribution in [2.45, 2.75) is 23.9 Å². The number of nitrogens with zero attached hydrogens (tertiary/aromatic N) is 3. The van der Waals surface area contributed by atoms with Crippen molar-refractivity contribution >= 4 is 33.4 Å². The van der Waals surface area contributed by atoms with E-state index in [-0.39, 0.29) is 16.6 Å². The number of imidazole rings is 1. The minimum Gasteiger partial charge on any atom is -0.497 e. The van der Waals surface area contributed by atoms with Crippen LogP contribution in [0.25, 0.3) is 5.69 Å². The van der Waals surface area contributed by atoms with E-state index in [4.69, 9.17) is 4.74 Å². The molecule has 0 saturated carbocycles. The molecule has 8 nitrogen and oxygen atoms in total. The van der Waals surface area contributed by atoms with Crippen LogP contribution in [-0.2, 0) is 14.8 Å². The molecule has 1 aromatic heterocycles. The van der Waals surface area contributed by atoms with E-state index in [0.717, 1.165) is 11.4 Å². The Bertz CT molecular complexity index is 1140. The monoisotopic (exact) mass is 474 g/mol. The van der Waals surface area contributed by atoms with E-state index >= 15 is 0 Å². The number of anilines is 1. The van der Waals surface area contributed by atoms with E-state index < -0.39 is 10.0 Å². The number of amides is 1. The summed E-state index contributed by atoms with van der Waals surface area (Å²) in [6.07, 6.45) is 3.51. The van der Waals surface area contributed by atoms with Gasteiger partial charge in [0, 0.05) is 36.9 Å². The van der Waals surface area contributed by atoms with E-state index in [2.05, 4.69) is 10.3 Å². The Morgan fingerprint density at radius 2 is 1.75 bits per heavy atom. The van der Waals surface area contributed by atoms with E-state index in [0.29, 0.717) is 23.9 Å². The van der Waals surface area contributed by atoms with Crippen molar-refractivity contribution in [2.75, 3.05) is 31.3 Å². The summed E-state index contributed by atoms with van der Waals surface area (Å²) in [5, 5.41) is 3.48. The lowest BCUT2D eigenvalue weighted by molar-refractivity contribution is -0.113. The van der Waals surface area contributed by atoms with Crippen LogP contribution < -0.4 is 10.1 Å². The Labute approximate surface area is 192 Å². The van der Waals surface area contributed by atoms with Gasteiger partial charge in [0.25, 0.3) is 0 Å². The topological polar surface area (TPSA) is 93.5 Å². The van der Waals surface area contributed by atoms with Gasteiger partial charge < -0.3 is 10.1 Å². The van der Waals surface area contributed by atoms with Crippen LogP contribution >= 0.6 is 11.8 Å². The fourth-order valence-electron chi connectivity index (χ4n) is 3.09. The zero-order valence-corrected chi connectivity index (χ0v) is 19.8. The summed E-state index contributed by atoms with van der Waals surface area (Å²) >= 11 is 1.31. The highest BCUT2D eigenvalue weighted by atomic mass is 32.2. The minimum atomic E-state index is -3.52. The Morgan fingerprint density at radius 3 is 2.34 bits per heavy atom. The fourth-order valence-corrected chi connectivity index (χ4v) is 5.32. The lowest BCUT2D eigenvalue weighted by atomic mass is 10.3. The molecule has 0 saturated heterocycles. The van der Waals surface area contributed by atoms with Crippen LogP contribution in [0.2, 0.25) is 0 Å². The van der Waals surface area contributed by atoms with Gasteiger partial charge in [0.05, 0.1) is 17.8 Å². The van der Waals surface area contributed by atoms with Gasteiger partial charge >= 0.3 is 0 Å². The molecule has 0 atom stereocenters. The predicted molar refractivity (Wildman–Crippen MR) is 126 cm³/mol. The molecule has 0 unspecified atom stereocenters. The number of methoxy groups -OCH3 is 1. The van der Waals surface area contributed by atoms with Gasteiger partial charge in [-0.3, -0.25) is 9.36 Å². The van der Waals surface area contributed by atoms with Crippen LogP contribution in [0.4, 0.5) is 5.69 Å². The number of benzene rings is 2. The molecule has 2 aromatic carbocycles. The molecule has 0 aliphatic carbocycles. The lowest BCUT2D eigenvalue weighted by Crippen LogP contribution is -2.30. The van der Waals surface area contributed by atoms with E-state index in [1.54, 1.807) is 39.3 Å². The third-order valence-corrected chi connectivity index (χ3v) is 7.80. The first-order chi connectivity index (χ1) is 15.4. The average molecular weight is 475 g/mol. The third-order valence-electron chi connectivity index (χ3n) is 4.77. The van der Waals surface area contributed by atoms with Gasteiger partial charge in [-0.1, -0.05) is 25.6 Å². The van der Waals surface area contributed by atoms with Crippen molar-refractivity contribution < 1.29 is 17.9 Å². The number of aromatic nitrogens is 2. The summed E-state index contributed by atoms with van der Waals surface area (Å²) in [4.78, 5) is 16.9. The van der Waals surface area contributed by atoms with Crippen molar-refractivity contribution in [3.05, 3.63) is 60.9 Å². The summed E-state index contributed by atoms with van der Waals surface area (Å²) in [6.45, 7) is 4.40. The summed E-state index contributed by atoms with van der Waals surface area (Å²) in [5.74, 6) is 0.712. The molecule has 3 aromatic rings. The predicted octanol–water partition coefficient (Wildman–Crippen LogP) is 3.64. The molecule has 0 bridgehead atoms. The van der Waals surface area contributed by atoms with Gasteiger partial charge in [-0.25, -0.2) is 13.4 Å². The molecular weight excluding hydrogens is 448 g/mol. The van der Waals surface area contributed by atoms with Crippen LogP contribution in [0, 0.1) is 0 Å². The standard InChI is InChI=1S/C22H26N4O4S2/c1-4-25(5-2)32(28,29)20-12-6-17(7-13-20)24-21(27)16-31-22-23-14-15-26(22)18-8-10-19(30-3)11-9-18/h6-15H,4-5,16H2,1-3H3,(H,24,27). The Morgan fingerprint density at radius 1 is 1.09 bits per heavy atom. The second-order valence-electron chi connectivity index (χ2n) is 6.73. The average Bonchev–Trinajstić information content (AvgIpc) is 3.27. The van der Waals surface area contributed by atoms with Crippen LogP contribution in [0.3, 0.4) is 0 Å². The number of rotatable bonds is 10. The second-order valence-corrected chi connectivity index (χ2v) is 9.61. The molecule has 1 heterocycles. The number of nitrogens with one attached hydrogen (secondary N) is 1. The number of hydrogen-bond acceptors (Lipinski definition) is 6. The maximum atomic E-state index is 12.6. The first-order valence-electron chi connectivity index (χ1n) is 10.1. The maximum absolute atomic E-state index is 12.6. The molecule has 32 heavy (non-hydrogen) atoms. The zero-order chi connectivity index (χ0) is 23.1. The van der Waals surface area contributed by atoms with Gasteiger partial charge in [-0.2, -0.15) is 4.31 Å². The highest BCUT2D eigenvalue weighted by molar-refractivity contribution is 7.99. The number of carbonyl (C=O) groups is 1. The van der Waals surface area contributed by atoms with Gasteiger partial charge in [-0.05, 0) is 48.5 Å². The van der Waals surface area contributed by atoms with Gasteiger partial charge in [0.15, 0.2) is 5.16 Å². The lowest BCUT2D eigenvalue weighted by Gasteiger charge is -2.18. The molecule has 3 rings (SSSR count). The number of thioether (sulfide) groups is 1. The molecule has 170 valence electrons. The van der Waals surface area contributed by atoms with Gasteiger partial charge in [-0.15, -0.1) is 0 Å². The van der Waals surface area contributed by atoms with Crippen molar-refractivity contribution in [1.29, 1.82) is 0 Å². The largest absolute Gasteiger partial charge is 0.497 e. The first kappa shape index (κ1) is 23.8. The van der Waals surface area contributed by atoms with Crippen molar-refractivity contribution in [2.24, 2.45) is 0 Å². The number of ether oxygens (including phenoxy) is 1. The molecular formula is C22H26N4O4S2. The molecule has 0 spiro atoms. The van der Waals surface area contributed by atoms with Crippen LogP contribution in [0.1, 0.15) is 13.8 Å². The Balaban J connectivity index is 1.61. The summed E-state index contributed by atoms with van der Waals surface area (Å²) in [5.41, 5.74) is 1.45. The minimum absolute atomic E-state index is 0.159. The molecule has 0 fully saturated rings. The van der Waals surface area contributed by atoms with Crippen molar-refractivity contribution in [3.8, 4) is 11.4 Å². The molecule has 0 radical (unpaired) electrons. The normalized spacial score (nSPS) is 11.5. The quantitative estimate of drug-likeness (QED) is 0.451. The SMILES string of the molecule is CCN(CC)S(=O)(=O)c1ccc(NC(=O)CSc2nccn2-c2ccc(OC)cc2)cc1. The number of sulfonamides is 1. The molecule has 0 aliphatic rings. The molecule has 0 aliphatic heterocycles. The van der Waals surface area contributed by atoms with E-state index in [9.17, 15) is 13.2 Å². The number of hydrogen-bond donors (Lipinski definition) is 1. The van der Waals surface area contributed by atoms with Crippen LogP contribution in [0.15, 0.2) is 71.0 Å². The van der Waals surface area contributed by atoms with Crippen molar-refractivity contribution in [3.63, 3.8) is 0 Å². The van der Waals surface area contributed by atoms with Gasteiger partial charge in [0.1, 0.15) is 5.75 Å². The first-order valence-corrected chi connectivity index (χ1v) is 12.5. The van der Waals surface area contributed by atoms with Gasteiger partial charge in [0.2, 0.25) is 15.9 Å². The van der Waals surface area contributed by atoms with Crippen LogP contribution in [-0.4, -0.2) is 54.1 Å². The Hall–Kier alpha value is -2.82. The van der Waals surface area contributed by atoms with E-state index in [1.807, 2.05) is 35.0 Å². The fraction of sp³-hybridized carbons (Fsp3) is 0.273. The second kappa shape index (κ2) is 10.7. The Kier molecular flexibility index (Phi) is 7.94. The number of carbonyl (C=O) groups excluding carboxylic acids is 1. The van der Waals surface area contributed by atoms with Crippen molar-refractivity contribution in [1.82, 2.24) is 13.9 Å². The van der Waals surface area contributed by atoms with Crippen LogP contribution in [0.5, 0.6) is 5.75 Å². The zero-order valence-electron chi connectivity index (χ0n) is 18.2. The summed E-state index contributed by atoms with van der Waals surface area (Å²) in [7, 11) is -1.91.